The average molecular weight is 643 g/mol. The Morgan fingerprint density at radius 2 is 1.14 bits per heavy atom. The molecule has 8 rings (SSSR count). The van der Waals surface area contributed by atoms with E-state index in [4.69, 9.17) is 21.5 Å². The van der Waals surface area contributed by atoms with Crippen molar-refractivity contribution < 1.29 is 13.2 Å². The summed E-state index contributed by atoms with van der Waals surface area (Å²) in [6.07, 6.45) is -4.47. The first-order valence-corrected chi connectivity index (χ1v) is 15.6. The number of alkyl halides is 3. The van der Waals surface area contributed by atoms with Crippen LogP contribution in [0.25, 0.3) is 82.5 Å². The topological polar surface area (TPSA) is 43.0 Å². The molecular weight excluding hydrogens is 617 g/mol. The first-order chi connectivity index (χ1) is 23.8. The van der Waals surface area contributed by atoms with Gasteiger partial charge in [-0.2, -0.15) is 13.2 Å². The predicted octanol–water partition coefficient (Wildman–Crippen LogP) is 11.9. The van der Waals surface area contributed by atoms with Crippen LogP contribution in [0.1, 0.15) is 11.1 Å². The lowest BCUT2D eigenvalue weighted by molar-refractivity contribution is -0.137. The number of aryl methyl sites for hydroxylation is 1. The molecule has 0 fully saturated rings. The quantitative estimate of drug-likeness (QED) is 0.142. The monoisotopic (exact) mass is 642 g/mol. The Morgan fingerprint density at radius 1 is 0.531 bits per heavy atom. The largest absolute Gasteiger partial charge is 0.416 e. The van der Waals surface area contributed by atoms with Crippen LogP contribution in [0, 0.1) is 13.5 Å². The van der Waals surface area contributed by atoms with Gasteiger partial charge >= 0.3 is 6.18 Å². The van der Waals surface area contributed by atoms with Crippen LogP contribution in [0.5, 0.6) is 0 Å². The number of halogens is 3. The molecule has 0 aliphatic heterocycles. The van der Waals surface area contributed by atoms with Gasteiger partial charge in [-0.3, -0.25) is 0 Å². The summed E-state index contributed by atoms with van der Waals surface area (Å²) in [7, 11) is 0. The first kappa shape index (κ1) is 30.0. The van der Waals surface area contributed by atoms with Crippen molar-refractivity contribution >= 4 is 38.4 Å². The fraction of sp³-hybridized carbons (Fsp3) is 0.0476. The summed E-state index contributed by atoms with van der Waals surface area (Å²) in [6, 6.07) is 40.6. The number of rotatable bonds is 4. The smallest absolute Gasteiger partial charge is 0.248 e. The maximum atomic E-state index is 13.8. The van der Waals surface area contributed by atoms with Crippen LogP contribution in [0.4, 0.5) is 18.9 Å². The van der Waals surface area contributed by atoms with Crippen LogP contribution in [0.3, 0.4) is 0 Å². The lowest BCUT2D eigenvalue weighted by atomic mass is 9.94. The molecule has 49 heavy (non-hydrogen) atoms. The van der Waals surface area contributed by atoms with Crippen LogP contribution >= 0.6 is 0 Å². The van der Waals surface area contributed by atoms with Gasteiger partial charge in [0.15, 0.2) is 5.69 Å². The molecular formula is C42H25F3N4. The van der Waals surface area contributed by atoms with Crippen LogP contribution in [0.2, 0.25) is 0 Å². The number of benzene rings is 6. The summed E-state index contributed by atoms with van der Waals surface area (Å²) < 4.78 is 41.3. The number of para-hydroxylation sites is 1. The molecule has 2 aromatic heterocycles. The third-order valence-electron chi connectivity index (χ3n) is 8.67. The molecule has 0 amide bonds. The van der Waals surface area contributed by atoms with Gasteiger partial charge in [0.25, 0.3) is 0 Å². The molecule has 0 spiro atoms. The molecule has 0 aliphatic carbocycles. The second-order valence-corrected chi connectivity index (χ2v) is 11.9. The summed E-state index contributed by atoms with van der Waals surface area (Å²) >= 11 is 0. The number of nitrogens with zero attached hydrogens (tertiary/aromatic N) is 4. The zero-order valence-electron chi connectivity index (χ0n) is 26.1. The van der Waals surface area contributed by atoms with E-state index in [1.807, 2.05) is 97.1 Å². The van der Waals surface area contributed by atoms with Crippen LogP contribution in [-0.4, -0.2) is 15.0 Å². The highest BCUT2D eigenvalue weighted by molar-refractivity contribution is 6.25. The van der Waals surface area contributed by atoms with Gasteiger partial charge in [-0.15, -0.1) is 0 Å². The molecule has 0 saturated carbocycles. The number of fused-ring (bicyclic) bond motifs is 5. The minimum Gasteiger partial charge on any atom is -0.248 e. The van der Waals surface area contributed by atoms with Gasteiger partial charge in [-0.05, 0) is 53.9 Å². The Morgan fingerprint density at radius 3 is 1.84 bits per heavy atom. The molecule has 0 radical (unpaired) electrons. The third kappa shape index (κ3) is 5.34. The Kier molecular flexibility index (Phi) is 7.15. The maximum absolute atomic E-state index is 13.8. The molecule has 4 nitrogen and oxygen atoms in total. The van der Waals surface area contributed by atoms with E-state index < -0.39 is 11.7 Å². The molecule has 234 valence electrons. The zero-order valence-corrected chi connectivity index (χ0v) is 26.1. The van der Waals surface area contributed by atoms with E-state index in [0.29, 0.717) is 67.0 Å². The van der Waals surface area contributed by atoms with Crippen molar-refractivity contribution in [3.05, 3.63) is 156 Å². The van der Waals surface area contributed by atoms with Gasteiger partial charge in [-0.1, -0.05) is 103 Å². The summed E-state index contributed by atoms with van der Waals surface area (Å²) in [4.78, 5) is 19.5. The van der Waals surface area contributed by atoms with E-state index >= 15 is 0 Å². The average Bonchev–Trinajstić information content (AvgIpc) is 3.13. The first-order valence-electron chi connectivity index (χ1n) is 15.6. The normalized spacial score (nSPS) is 11.7. The molecule has 6 aromatic carbocycles. The molecule has 0 unspecified atom stereocenters. The van der Waals surface area contributed by atoms with Crippen molar-refractivity contribution in [1.29, 1.82) is 0 Å². The lowest BCUT2D eigenvalue weighted by Gasteiger charge is -2.17. The lowest BCUT2D eigenvalue weighted by Crippen LogP contribution is -2.05. The Balaban J connectivity index is 1.46. The van der Waals surface area contributed by atoms with Crippen molar-refractivity contribution in [1.82, 2.24) is 15.0 Å². The van der Waals surface area contributed by atoms with E-state index in [1.165, 1.54) is 6.07 Å². The van der Waals surface area contributed by atoms with Crippen LogP contribution in [0.15, 0.2) is 133 Å². The highest BCUT2D eigenvalue weighted by atomic mass is 19.4. The van der Waals surface area contributed by atoms with E-state index in [9.17, 15) is 13.2 Å². The van der Waals surface area contributed by atoms with Crippen molar-refractivity contribution in [2.24, 2.45) is 0 Å². The van der Waals surface area contributed by atoms with Crippen molar-refractivity contribution in [3.63, 3.8) is 0 Å². The van der Waals surface area contributed by atoms with E-state index in [2.05, 4.69) is 4.85 Å². The molecule has 0 N–H and O–H groups in total. The summed E-state index contributed by atoms with van der Waals surface area (Å²) in [5, 5.41) is 2.18. The fourth-order valence-electron chi connectivity index (χ4n) is 6.49. The second kappa shape index (κ2) is 11.7. The highest BCUT2D eigenvalue weighted by Crippen LogP contribution is 2.44. The molecule has 0 atom stereocenters. The predicted molar refractivity (Wildman–Crippen MR) is 190 cm³/mol. The molecule has 0 aliphatic rings. The Labute approximate surface area is 280 Å². The second-order valence-electron chi connectivity index (χ2n) is 11.9. The zero-order chi connectivity index (χ0) is 33.7. The number of pyridine rings is 1. The van der Waals surface area contributed by atoms with Gasteiger partial charge < -0.3 is 0 Å². The summed E-state index contributed by atoms with van der Waals surface area (Å²) in [5.74, 6) is 0. The fourth-order valence-corrected chi connectivity index (χ4v) is 6.49. The minimum absolute atomic E-state index is 0.358. The summed E-state index contributed by atoms with van der Waals surface area (Å²) in [6.45, 7) is 9.94. The van der Waals surface area contributed by atoms with Crippen LogP contribution in [-0.2, 0) is 6.18 Å². The van der Waals surface area contributed by atoms with Crippen LogP contribution < -0.4 is 0 Å². The molecule has 0 bridgehead atoms. The van der Waals surface area contributed by atoms with E-state index in [1.54, 1.807) is 31.2 Å². The minimum atomic E-state index is -4.47. The van der Waals surface area contributed by atoms with Gasteiger partial charge in [-0.25, -0.2) is 19.8 Å². The highest BCUT2D eigenvalue weighted by Gasteiger charge is 2.31. The standard InChI is InChI=1S/C42H25F3N4/c1-25-20-30(23-31(21-25)42(43,44)45)28-16-11-17-29(22-28)38-37-34(46-2)24-35-41(36(37)32-18-9-10-19-33(32)47-38)49-40(27-14-7-4-8-15-27)39(48-35)26-12-5-3-6-13-26/h3-24H,1H3. The van der Waals surface area contributed by atoms with E-state index in [0.717, 1.165) is 28.0 Å². The van der Waals surface area contributed by atoms with E-state index in [-0.39, 0.29) is 0 Å². The molecule has 0 saturated heterocycles. The van der Waals surface area contributed by atoms with Gasteiger partial charge in [0.1, 0.15) is 0 Å². The van der Waals surface area contributed by atoms with Gasteiger partial charge in [0.05, 0.1) is 45.8 Å². The number of aromatic nitrogens is 3. The Bertz CT molecular complexity index is 2610. The van der Waals surface area contributed by atoms with Gasteiger partial charge in [0, 0.05) is 32.8 Å². The van der Waals surface area contributed by atoms with Gasteiger partial charge in [0.2, 0.25) is 0 Å². The SMILES string of the molecule is [C-]#[N+]c1cc2nc(-c3ccccc3)c(-c3ccccc3)nc2c2c1c(-c1cccc(-c3cc(C)cc(C(F)(F)F)c3)c1)nc1ccccc12. The molecule has 2 heterocycles. The van der Waals surface area contributed by atoms with Crippen molar-refractivity contribution in [3.8, 4) is 44.9 Å². The Hall–Kier alpha value is -6.39. The van der Waals surface area contributed by atoms with Crippen molar-refractivity contribution in [2.45, 2.75) is 13.1 Å². The molecule has 7 heteroatoms. The summed E-state index contributed by atoms with van der Waals surface area (Å²) in [5.41, 5.74) is 7.56. The van der Waals surface area contributed by atoms with Crippen molar-refractivity contribution in [2.75, 3.05) is 0 Å². The molecule has 8 aromatic rings. The number of hydrogen-bond acceptors (Lipinski definition) is 3. The number of hydrogen-bond donors (Lipinski definition) is 0. The third-order valence-corrected chi connectivity index (χ3v) is 8.67. The maximum Gasteiger partial charge on any atom is 0.416 e.